The summed E-state index contributed by atoms with van der Waals surface area (Å²) in [5.74, 6) is -0.454. The molecule has 0 bridgehead atoms. The SMILES string of the molecule is [2H][C@](Nc1cc(Cl)c2ncc(C#N)c(NC(CC#N)c3ccccc3)c2c1)(c1ccc(F)cc1)c1cn(-c2cccnc2)nn1. The van der Waals surface area contributed by atoms with E-state index in [4.69, 9.17) is 11.6 Å². The molecule has 0 aliphatic rings. The molecular weight excluding hydrogens is 577 g/mol. The van der Waals surface area contributed by atoms with Crippen molar-refractivity contribution in [1.29, 1.82) is 10.5 Å². The second-order valence-electron chi connectivity index (χ2n) is 9.75. The predicted molar refractivity (Wildman–Crippen MR) is 166 cm³/mol. The van der Waals surface area contributed by atoms with Crippen molar-refractivity contribution >= 4 is 33.9 Å². The number of benzene rings is 3. The standard InChI is InChI=1S/C33H23ClFN9/c34-28-16-25(15-27-31(23(17-37)18-39-33(27)28)41-29(12-13-36)21-5-2-1-3-6-21)40-32(22-8-10-24(35)11-9-22)30-20-44(43-42-30)26-7-4-14-38-19-26/h1-11,14-16,18-20,29,32,40H,12H2,(H,39,41)/t29?,32-/m0/s1/i32D. The first-order valence-electron chi connectivity index (χ1n) is 14.0. The summed E-state index contributed by atoms with van der Waals surface area (Å²) in [4.78, 5) is 8.55. The molecule has 44 heavy (non-hydrogen) atoms. The molecule has 3 aromatic heterocycles. The van der Waals surface area contributed by atoms with Gasteiger partial charge in [0.25, 0.3) is 0 Å². The Hall–Kier alpha value is -5.84. The maximum atomic E-state index is 14.0. The highest BCUT2D eigenvalue weighted by molar-refractivity contribution is 6.35. The molecular formula is C33H23ClFN9. The number of hydrogen-bond acceptors (Lipinski definition) is 8. The van der Waals surface area contributed by atoms with E-state index < -0.39 is 17.9 Å². The van der Waals surface area contributed by atoms with Gasteiger partial charge >= 0.3 is 0 Å². The smallest absolute Gasteiger partial charge is 0.123 e. The molecule has 0 spiro atoms. The minimum atomic E-state index is -1.76. The molecule has 6 rings (SSSR count). The lowest BCUT2D eigenvalue weighted by Gasteiger charge is -2.22. The Bertz CT molecular complexity index is 2060. The lowest BCUT2D eigenvalue weighted by Crippen LogP contribution is -2.14. The van der Waals surface area contributed by atoms with Gasteiger partial charge in [-0.15, -0.1) is 5.10 Å². The lowest BCUT2D eigenvalue weighted by molar-refractivity contribution is 0.626. The Balaban J connectivity index is 1.47. The van der Waals surface area contributed by atoms with Gasteiger partial charge in [0.1, 0.15) is 17.6 Å². The summed E-state index contributed by atoms with van der Waals surface area (Å²) in [6, 6.07) is 24.1. The second kappa shape index (κ2) is 12.6. The van der Waals surface area contributed by atoms with E-state index in [-0.39, 0.29) is 22.7 Å². The van der Waals surface area contributed by atoms with E-state index in [1.807, 2.05) is 30.3 Å². The molecule has 214 valence electrons. The van der Waals surface area contributed by atoms with Gasteiger partial charge in [0, 0.05) is 23.5 Å². The van der Waals surface area contributed by atoms with Crippen LogP contribution in [0.2, 0.25) is 5.02 Å². The lowest BCUT2D eigenvalue weighted by atomic mass is 10.0. The zero-order valence-corrected chi connectivity index (χ0v) is 23.7. The molecule has 0 aliphatic carbocycles. The largest absolute Gasteiger partial charge is 0.376 e. The van der Waals surface area contributed by atoms with Crippen molar-refractivity contribution in [2.75, 3.05) is 10.6 Å². The maximum Gasteiger partial charge on any atom is 0.123 e. The third-order valence-corrected chi connectivity index (χ3v) is 7.21. The van der Waals surface area contributed by atoms with E-state index in [0.29, 0.717) is 33.5 Å². The minimum Gasteiger partial charge on any atom is -0.376 e. The van der Waals surface area contributed by atoms with Crippen molar-refractivity contribution in [1.82, 2.24) is 25.0 Å². The molecule has 0 amide bonds. The van der Waals surface area contributed by atoms with Crippen molar-refractivity contribution in [3.05, 3.63) is 137 Å². The molecule has 9 nitrogen and oxygen atoms in total. The zero-order valence-electron chi connectivity index (χ0n) is 24.0. The molecule has 0 radical (unpaired) electrons. The zero-order chi connectivity index (χ0) is 31.4. The molecule has 3 aromatic carbocycles. The molecule has 0 aliphatic heterocycles. The predicted octanol–water partition coefficient (Wildman–Crippen LogP) is 7.14. The van der Waals surface area contributed by atoms with Gasteiger partial charge in [0.2, 0.25) is 0 Å². The number of halogens is 2. The Labute approximate surface area is 258 Å². The Morgan fingerprint density at radius 2 is 1.80 bits per heavy atom. The average Bonchev–Trinajstić information content (AvgIpc) is 3.57. The molecule has 0 saturated heterocycles. The topological polar surface area (TPSA) is 128 Å². The Morgan fingerprint density at radius 3 is 2.52 bits per heavy atom. The van der Waals surface area contributed by atoms with Gasteiger partial charge in [-0.25, -0.2) is 9.07 Å². The summed E-state index contributed by atoms with van der Waals surface area (Å²) < 4.78 is 25.1. The molecule has 2 atom stereocenters. The fraction of sp³-hybridized carbons (Fsp3) is 0.0909. The number of hydrogen-bond donors (Lipinski definition) is 2. The van der Waals surface area contributed by atoms with Crippen LogP contribution in [0, 0.1) is 28.5 Å². The Morgan fingerprint density at radius 1 is 0.977 bits per heavy atom. The summed E-state index contributed by atoms with van der Waals surface area (Å²) in [7, 11) is 0. The summed E-state index contributed by atoms with van der Waals surface area (Å²) in [5, 5.41) is 35.4. The van der Waals surface area contributed by atoms with Crippen LogP contribution < -0.4 is 10.6 Å². The monoisotopic (exact) mass is 600 g/mol. The van der Waals surface area contributed by atoms with E-state index in [2.05, 4.69) is 43.1 Å². The van der Waals surface area contributed by atoms with Crippen LogP contribution in [0.25, 0.3) is 16.6 Å². The van der Waals surface area contributed by atoms with Crippen molar-refractivity contribution in [3.63, 3.8) is 0 Å². The van der Waals surface area contributed by atoms with Crippen molar-refractivity contribution in [3.8, 4) is 17.8 Å². The molecule has 0 fully saturated rings. The third-order valence-electron chi connectivity index (χ3n) is 6.92. The van der Waals surface area contributed by atoms with E-state index in [1.54, 1.807) is 42.9 Å². The van der Waals surface area contributed by atoms with Gasteiger partial charge in [-0.3, -0.25) is 9.97 Å². The van der Waals surface area contributed by atoms with Gasteiger partial charge in [0.05, 0.1) is 65.8 Å². The van der Waals surface area contributed by atoms with E-state index in [9.17, 15) is 16.3 Å². The second-order valence-corrected chi connectivity index (χ2v) is 10.2. The van der Waals surface area contributed by atoms with Crippen LogP contribution >= 0.6 is 11.6 Å². The molecule has 11 heteroatoms. The molecule has 1 unspecified atom stereocenters. The number of nitrogens with zero attached hydrogens (tertiary/aromatic N) is 7. The quantitative estimate of drug-likeness (QED) is 0.179. The van der Waals surface area contributed by atoms with Gasteiger partial charge in [0.15, 0.2) is 0 Å². The van der Waals surface area contributed by atoms with E-state index >= 15 is 0 Å². The normalized spacial score (nSPS) is 13.2. The first-order valence-corrected chi connectivity index (χ1v) is 13.9. The summed E-state index contributed by atoms with van der Waals surface area (Å²) in [5.41, 5.74) is 3.63. The summed E-state index contributed by atoms with van der Waals surface area (Å²) in [6.07, 6.45) is 6.41. The number of pyridine rings is 2. The Kier molecular flexibility index (Phi) is 7.72. The molecule has 3 heterocycles. The molecule has 0 saturated carbocycles. The number of aromatic nitrogens is 5. The number of nitriles is 2. The fourth-order valence-electron chi connectivity index (χ4n) is 4.81. The van der Waals surface area contributed by atoms with Crippen LogP contribution in [0.4, 0.5) is 15.8 Å². The first kappa shape index (κ1) is 27.0. The fourth-order valence-corrected chi connectivity index (χ4v) is 5.08. The first-order chi connectivity index (χ1) is 21.9. The van der Waals surface area contributed by atoms with Gasteiger partial charge < -0.3 is 10.6 Å². The average molecular weight is 601 g/mol. The van der Waals surface area contributed by atoms with E-state index in [1.165, 1.54) is 35.1 Å². The number of fused-ring (bicyclic) bond motifs is 1. The van der Waals surface area contributed by atoms with Crippen LogP contribution in [0.1, 0.15) is 42.2 Å². The van der Waals surface area contributed by atoms with Crippen LogP contribution in [0.15, 0.2) is 104 Å². The number of rotatable bonds is 9. The highest BCUT2D eigenvalue weighted by atomic mass is 35.5. The highest BCUT2D eigenvalue weighted by Gasteiger charge is 2.22. The van der Waals surface area contributed by atoms with Crippen molar-refractivity contribution in [2.45, 2.75) is 18.5 Å². The summed E-state index contributed by atoms with van der Waals surface area (Å²) in [6.45, 7) is 0. The van der Waals surface area contributed by atoms with Crippen LogP contribution in [-0.2, 0) is 0 Å². The van der Waals surface area contributed by atoms with Crippen LogP contribution in [0.5, 0.6) is 0 Å². The summed E-state index contributed by atoms with van der Waals surface area (Å²) >= 11 is 6.75. The molecule has 2 N–H and O–H groups in total. The maximum absolute atomic E-state index is 14.0. The van der Waals surface area contributed by atoms with E-state index in [0.717, 1.165) is 5.56 Å². The number of nitrogens with one attached hydrogen (secondary N) is 2. The molecule has 6 aromatic rings. The number of anilines is 2. The highest BCUT2D eigenvalue weighted by Crippen LogP contribution is 2.37. The van der Waals surface area contributed by atoms with Gasteiger partial charge in [-0.2, -0.15) is 10.5 Å². The van der Waals surface area contributed by atoms with Crippen LogP contribution in [0.3, 0.4) is 0 Å². The minimum absolute atomic E-state index is 0.136. The third kappa shape index (κ3) is 5.88. The van der Waals surface area contributed by atoms with Crippen molar-refractivity contribution < 1.29 is 5.76 Å². The van der Waals surface area contributed by atoms with Crippen LogP contribution in [-0.4, -0.2) is 25.0 Å². The van der Waals surface area contributed by atoms with Gasteiger partial charge in [-0.1, -0.05) is 59.3 Å². The van der Waals surface area contributed by atoms with Crippen molar-refractivity contribution in [2.24, 2.45) is 0 Å². The van der Waals surface area contributed by atoms with Gasteiger partial charge in [-0.05, 0) is 47.5 Å².